The third kappa shape index (κ3) is 1.72. The minimum Gasteiger partial charge on any atom is -0.502 e. The number of nitrogens with zero attached hydrogens (tertiary/aromatic N) is 1. The van der Waals surface area contributed by atoms with Gasteiger partial charge in [0.2, 0.25) is 6.29 Å². The molecule has 1 aliphatic heterocycles. The molecule has 2 heterocycles. The number of hydrogen-bond donors (Lipinski definition) is 1. The number of rotatable bonds is 1. The summed E-state index contributed by atoms with van der Waals surface area (Å²) >= 11 is 5.57. The van der Waals surface area contributed by atoms with E-state index in [0.29, 0.717) is 10.6 Å². The molecule has 1 aromatic rings. The van der Waals surface area contributed by atoms with Gasteiger partial charge in [-0.25, -0.2) is 9.78 Å². The zero-order valence-corrected chi connectivity index (χ0v) is 7.64. The van der Waals surface area contributed by atoms with Crippen LogP contribution in [0.4, 0.5) is 0 Å². The van der Waals surface area contributed by atoms with Crippen molar-refractivity contribution in [3.8, 4) is 0 Å². The molecule has 1 fully saturated rings. The van der Waals surface area contributed by atoms with E-state index >= 15 is 0 Å². The lowest BCUT2D eigenvalue weighted by molar-refractivity contribution is -0.148. The van der Waals surface area contributed by atoms with E-state index < -0.39 is 19.4 Å². The molecule has 0 radical (unpaired) electrons. The SMILES string of the molecule is O=C1OB(c2ccc(Cl)nc2)OC1O. The van der Waals surface area contributed by atoms with E-state index in [1.807, 2.05) is 0 Å². The summed E-state index contributed by atoms with van der Waals surface area (Å²) in [4.78, 5) is 14.6. The predicted octanol–water partition coefficient (Wildman–Crippen LogP) is -0.678. The van der Waals surface area contributed by atoms with E-state index in [1.165, 1.54) is 6.20 Å². The topological polar surface area (TPSA) is 68.7 Å². The molecule has 1 unspecified atom stereocenters. The Morgan fingerprint density at radius 3 is 2.86 bits per heavy atom. The molecule has 1 saturated heterocycles. The molecule has 2 rings (SSSR count). The van der Waals surface area contributed by atoms with Gasteiger partial charge in [-0.05, 0) is 6.07 Å². The smallest absolute Gasteiger partial charge is 0.502 e. The van der Waals surface area contributed by atoms with Crippen LogP contribution in [-0.2, 0) is 14.1 Å². The van der Waals surface area contributed by atoms with Gasteiger partial charge in [-0.1, -0.05) is 17.7 Å². The van der Waals surface area contributed by atoms with Crippen LogP contribution in [0.3, 0.4) is 0 Å². The molecule has 5 nitrogen and oxygen atoms in total. The van der Waals surface area contributed by atoms with Crippen molar-refractivity contribution in [2.24, 2.45) is 0 Å². The van der Waals surface area contributed by atoms with Crippen molar-refractivity contribution in [3.05, 3.63) is 23.5 Å². The van der Waals surface area contributed by atoms with Crippen LogP contribution in [0.2, 0.25) is 5.15 Å². The highest BCUT2D eigenvalue weighted by atomic mass is 35.5. The Bertz CT molecular complexity index is 357. The highest BCUT2D eigenvalue weighted by Gasteiger charge is 2.40. The van der Waals surface area contributed by atoms with Crippen molar-refractivity contribution in [2.75, 3.05) is 0 Å². The highest BCUT2D eigenvalue weighted by Crippen LogP contribution is 2.08. The standard InChI is InChI=1S/C7H5BClNO4/c9-5-2-1-4(3-10-5)8-13-6(11)7(12)14-8/h1-3,6,11H. The normalized spacial score (nSPS) is 21.1. The lowest BCUT2D eigenvalue weighted by Crippen LogP contribution is -2.32. The second kappa shape index (κ2) is 3.57. The van der Waals surface area contributed by atoms with Crippen LogP contribution < -0.4 is 5.46 Å². The summed E-state index contributed by atoms with van der Waals surface area (Å²) < 4.78 is 9.51. The number of aliphatic hydroxyl groups excluding tert-OH is 1. The van der Waals surface area contributed by atoms with Gasteiger partial charge in [-0.15, -0.1) is 0 Å². The van der Waals surface area contributed by atoms with Gasteiger partial charge in [-0.2, -0.15) is 0 Å². The second-order valence-corrected chi connectivity index (χ2v) is 3.06. The molecule has 14 heavy (non-hydrogen) atoms. The van der Waals surface area contributed by atoms with Crippen LogP contribution in [0.25, 0.3) is 0 Å². The molecule has 1 aliphatic rings. The summed E-state index contributed by atoms with van der Waals surface area (Å²) in [6.45, 7) is 0. The average Bonchev–Trinajstić information content (AvgIpc) is 2.48. The van der Waals surface area contributed by atoms with Crippen molar-refractivity contribution in [1.82, 2.24) is 4.98 Å². The Hall–Kier alpha value is -1.11. The maximum Gasteiger partial charge on any atom is 0.568 e. The fourth-order valence-electron chi connectivity index (χ4n) is 1.04. The molecule has 1 N–H and O–H groups in total. The van der Waals surface area contributed by atoms with E-state index in [-0.39, 0.29) is 0 Å². The van der Waals surface area contributed by atoms with Crippen molar-refractivity contribution >= 4 is 30.2 Å². The quantitative estimate of drug-likeness (QED) is 0.494. The Balaban J connectivity index is 2.17. The molecule has 1 atom stereocenters. The first-order valence-electron chi connectivity index (χ1n) is 3.82. The summed E-state index contributed by atoms with van der Waals surface area (Å²) in [7, 11) is -0.901. The molecule has 7 heteroatoms. The van der Waals surface area contributed by atoms with Gasteiger partial charge in [0.25, 0.3) is 0 Å². The Labute approximate surface area is 84.8 Å². The molecule has 0 aromatic carbocycles. The van der Waals surface area contributed by atoms with Crippen LogP contribution in [0.15, 0.2) is 18.3 Å². The summed E-state index contributed by atoms with van der Waals surface area (Å²) in [6, 6.07) is 3.14. The van der Waals surface area contributed by atoms with Crippen LogP contribution in [-0.4, -0.2) is 29.5 Å². The minimum absolute atomic E-state index is 0.332. The number of aliphatic hydroxyl groups is 1. The van der Waals surface area contributed by atoms with E-state index in [4.69, 9.17) is 26.0 Å². The fourth-order valence-corrected chi connectivity index (χ4v) is 1.15. The minimum atomic E-state index is -1.52. The molecule has 1 aromatic heterocycles. The number of carbonyl (C=O) groups is 1. The molecular formula is C7H5BClNO4. The number of hydrogen-bond acceptors (Lipinski definition) is 5. The summed E-state index contributed by atoms with van der Waals surface area (Å²) in [6.07, 6.45) is -0.103. The zero-order valence-electron chi connectivity index (χ0n) is 6.88. The van der Waals surface area contributed by atoms with E-state index in [0.717, 1.165) is 0 Å². The van der Waals surface area contributed by atoms with E-state index in [2.05, 4.69) is 4.98 Å². The number of carbonyl (C=O) groups excluding carboxylic acids is 1. The fraction of sp³-hybridized carbons (Fsp3) is 0.143. The van der Waals surface area contributed by atoms with Gasteiger partial charge in [0.15, 0.2) is 0 Å². The maximum absolute atomic E-state index is 10.8. The van der Waals surface area contributed by atoms with E-state index in [9.17, 15) is 4.79 Å². The Kier molecular flexibility index (Phi) is 2.41. The predicted molar refractivity (Wildman–Crippen MR) is 47.8 cm³/mol. The Morgan fingerprint density at radius 2 is 2.36 bits per heavy atom. The van der Waals surface area contributed by atoms with Gasteiger partial charge in [0.1, 0.15) is 5.15 Å². The zero-order chi connectivity index (χ0) is 10.1. The number of halogens is 1. The first-order chi connectivity index (χ1) is 6.66. The van der Waals surface area contributed by atoms with Crippen molar-refractivity contribution < 1.29 is 19.2 Å². The Morgan fingerprint density at radius 1 is 1.57 bits per heavy atom. The van der Waals surface area contributed by atoms with Crippen LogP contribution in [0.5, 0.6) is 0 Å². The third-order valence-electron chi connectivity index (χ3n) is 1.70. The van der Waals surface area contributed by atoms with Crippen LogP contribution in [0, 0.1) is 0 Å². The molecule has 0 amide bonds. The van der Waals surface area contributed by atoms with Crippen molar-refractivity contribution in [3.63, 3.8) is 0 Å². The molecule has 0 spiro atoms. The highest BCUT2D eigenvalue weighted by molar-refractivity contribution is 6.64. The lowest BCUT2D eigenvalue weighted by Gasteiger charge is -2.01. The van der Waals surface area contributed by atoms with Gasteiger partial charge >= 0.3 is 13.1 Å². The molecule has 0 aliphatic carbocycles. The number of aromatic nitrogens is 1. The van der Waals surface area contributed by atoms with E-state index in [1.54, 1.807) is 12.1 Å². The van der Waals surface area contributed by atoms with Crippen molar-refractivity contribution in [1.29, 1.82) is 0 Å². The van der Waals surface area contributed by atoms with Crippen LogP contribution >= 0.6 is 11.6 Å². The average molecular weight is 213 g/mol. The maximum atomic E-state index is 10.8. The first kappa shape index (κ1) is 9.45. The summed E-state index contributed by atoms with van der Waals surface area (Å²) in [5.41, 5.74) is 0.527. The molecule has 0 saturated carbocycles. The van der Waals surface area contributed by atoms with Gasteiger partial charge in [0, 0.05) is 11.7 Å². The third-order valence-corrected chi connectivity index (χ3v) is 1.92. The van der Waals surface area contributed by atoms with Gasteiger partial charge < -0.3 is 14.4 Å². The van der Waals surface area contributed by atoms with Gasteiger partial charge in [0.05, 0.1) is 0 Å². The van der Waals surface area contributed by atoms with Crippen molar-refractivity contribution in [2.45, 2.75) is 6.29 Å². The summed E-state index contributed by atoms with van der Waals surface area (Å²) in [5.74, 6) is -0.801. The van der Waals surface area contributed by atoms with Crippen LogP contribution in [0.1, 0.15) is 0 Å². The van der Waals surface area contributed by atoms with Gasteiger partial charge in [-0.3, -0.25) is 0 Å². The molecule has 72 valence electrons. The lowest BCUT2D eigenvalue weighted by atomic mass is 9.81. The summed E-state index contributed by atoms with van der Waals surface area (Å²) in [5, 5.41) is 9.27. The second-order valence-electron chi connectivity index (χ2n) is 2.67. The largest absolute Gasteiger partial charge is 0.568 e. The number of pyridine rings is 1. The monoisotopic (exact) mass is 213 g/mol. The first-order valence-corrected chi connectivity index (χ1v) is 4.20. The molecular weight excluding hydrogens is 208 g/mol. The molecule has 0 bridgehead atoms.